The highest BCUT2D eigenvalue weighted by atomic mass is 32.2. The van der Waals surface area contributed by atoms with E-state index in [0.29, 0.717) is 13.1 Å². The van der Waals surface area contributed by atoms with Crippen LogP contribution in [0.3, 0.4) is 0 Å². The Morgan fingerprint density at radius 1 is 0.946 bits per heavy atom. The minimum absolute atomic E-state index is 0.0353. The van der Waals surface area contributed by atoms with Crippen LogP contribution in [0.15, 0.2) is 70.6 Å². The molecular weight excluding hydrogens is 746 g/mol. The van der Waals surface area contributed by atoms with E-state index in [2.05, 4.69) is 20.1 Å². The topological polar surface area (TPSA) is 115 Å². The molecule has 4 aliphatic rings. The van der Waals surface area contributed by atoms with Crippen LogP contribution in [0.2, 0.25) is 0 Å². The second kappa shape index (κ2) is 16.0. The predicted octanol–water partition coefficient (Wildman–Crippen LogP) is 5.30. The molecule has 3 aromatic rings. The molecular formula is C41H51F3N6O5S. The Morgan fingerprint density at radius 2 is 1.68 bits per heavy atom. The number of anilines is 1. The van der Waals surface area contributed by atoms with E-state index in [1.54, 1.807) is 31.1 Å². The average Bonchev–Trinajstić information content (AvgIpc) is 3.61. The van der Waals surface area contributed by atoms with Crippen molar-refractivity contribution in [2.75, 3.05) is 78.5 Å². The fourth-order valence-electron chi connectivity index (χ4n) is 9.59. The lowest BCUT2D eigenvalue weighted by Crippen LogP contribution is -2.65. The molecule has 0 bridgehead atoms. The van der Waals surface area contributed by atoms with Crippen LogP contribution in [0.25, 0.3) is 0 Å². The summed E-state index contributed by atoms with van der Waals surface area (Å²) in [6, 6.07) is 13.0. The van der Waals surface area contributed by atoms with Gasteiger partial charge in [-0.1, -0.05) is 18.6 Å². The summed E-state index contributed by atoms with van der Waals surface area (Å²) in [6.07, 6.45) is 5.95. The third-order valence-electron chi connectivity index (χ3n) is 12.5. The van der Waals surface area contributed by atoms with Gasteiger partial charge in [0.25, 0.3) is 5.91 Å². The number of hydrogen-bond acceptors (Lipinski definition) is 9. The van der Waals surface area contributed by atoms with E-state index in [-0.39, 0.29) is 70.4 Å². The van der Waals surface area contributed by atoms with Crippen molar-refractivity contribution in [1.82, 2.24) is 25.0 Å². The zero-order valence-corrected chi connectivity index (χ0v) is 33.0. The van der Waals surface area contributed by atoms with Crippen molar-refractivity contribution in [1.29, 1.82) is 0 Å². The first-order valence-electron chi connectivity index (χ1n) is 19.4. The summed E-state index contributed by atoms with van der Waals surface area (Å²) in [6.45, 7) is 4.12. The summed E-state index contributed by atoms with van der Waals surface area (Å²) in [5.74, 6) is -1.20. The van der Waals surface area contributed by atoms with Crippen LogP contribution in [-0.2, 0) is 20.0 Å². The minimum atomic E-state index is -4.13. The number of nitrogens with one attached hydrogen (secondary N) is 1. The van der Waals surface area contributed by atoms with Gasteiger partial charge < -0.3 is 24.8 Å². The van der Waals surface area contributed by atoms with Crippen molar-refractivity contribution < 1.29 is 35.9 Å². The molecule has 1 aromatic heterocycles. The lowest BCUT2D eigenvalue weighted by Gasteiger charge is -2.54. The number of benzene rings is 2. The molecule has 3 saturated heterocycles. The molecule has 11 nitrogen and oxygen atoms in total. The zero-order valence-electron chi connectivity index (χ0n) is 32.2. The fourth-order valence-corrected chi connectivity index (χ4v) is 10.8. The molecule has 1 saturated carbocycles. The molecule has 7 rings (SSSR count). The van der Waals surface area contributed by atoms with Crippen molar-refractivity contribution in [3.63, 3.8) is 0 Å². The highest BCUT2D eigenvalue weighted by Crippen LogP contribution is 2.52. The molecule has 4 heterocycles. The fraction of sp³-hybridized carbons (Fsp3) is 0.537. The number of nitrogens with zero attached hydrogens (tertiary/aromatic N) is 5. The monoisotopic (exact) mass is 796 g/mol. The summed E-state index contributed by atoms with van der Waals surface area (Å²) in [5.41, 5.74) is -0.855. The number of aromatic nitrogens is 1. The third kappa shape index (κ3) is 7.86. The number of rotatable bonds is 12. The molecule has 15 heteroatoms. The van der Waals surface area contributed by atoms with Gasteiger partial charge in [0.1, 0.15) is 17.3 Å². The Morgan fingerprint density at radius 3 is 2.29 bits per heavy atom. The van der Waals surface area contributed by atoms with E-state index in [1.807, 2.05) is 6.07 Å². The number of carbonyl (C=O) groups is 2. The number of alkyl halides is 1. The van der Waals surface area contributed by atoms with Gasteiger partial charge in [0.15, 0.2) is 5.67 Å². The molecule has 3 atom stereocenters. The van der Waals surface area contributed by atoms with Gasteiger partial charge in [0.2, 0.25) is 9.84 Å². The molecule has 2 aromatic carbocycles. The number of piperidine rings is 1. The first-order valence-corrected chi connectivity index (χ1v) is 20.9. The van der Waals surface area contributed by atoms with Gasteiger partial charge in [-0.05, 0) is 118 Å². The van der Waals surface area contributed by atoms with Crippen molar-refractivity contribution in [2.24, 2.45) is 11.8 Å². The van der Waals surface area contributed by atoms with Gasteiger partial charge in [-0.3, -0.25) is 9.69 Å². The lowest BCUT2D eigenvalue weighted by molar-refractivity contribution is 0.00575. The van der Waals surface area contributed by atoms with Crippen LogP contribution < -0.4 is 10.2 Å². The van der Waals surface area contributed by atoms with E-state index in [1.165, 1.54) is 42.3 Å². The largest absolute Gasteiger partial charge is 0.453 e. The number of pyridine rings is 1. The first-order chi connectivity index (χ1) is 26.7. The number of ether oxygens (including phenoxy) is 1. The van der Waals surface area contributed by atoms with Gasteiger partial charge in [-0.25, -0.2) is 31.4 Å². The summed E-state index contributed by atoms with van der Waals surface area (Å²) < 4.78 is 78.3. The maximum atomic E-state index is 16.3. The molecule has 2 amide bonds. The first kappa shape index (κ1) is 40.0. The Kier molecular flexibility index (Phi) is 11.4. The molecule has 56 heavy (non-hydrogen) atoms. The van der Waals surface area contributed by atoms with E-state index in [0.717, 1.165) is 76.0 Å². The van der Waals surface area contributed by atoms with Crippen LogP contribution in [0.1, 0.15) is 54.6 Å². The summed E-state index contributed by atoms with van der Waals surface area (Å²) >= 11 is 0. The Hall–Kier alpha value is -4.21. The number of hydrogen-bond donors (Lipinski definition) is 1. The standard InChI is InChI=1S/C41H51F3N6O5S/c1-47(2)38(51)36-13-11-32(23-45-36)56(53,54)31-12-14-37(34(43)22-31)50-25-40(44,26-50)24-49-19-15-28(16-20-49)41(27-48-17-6-18-48,29-7-4-8-30(42)21-29)33-9-5-10-35(33)46-39(52)55-3/h4,7-8,11-14,21-23,28,33,35H,5-6,9-10,15-20,24-27H2,1-3H3,(H,46,52)/t33-,35-,41-/m0/s1. The van der Waals surface area contributed by atoms with Crippen LogP contribution in [0, 0.1) is 23.5 Å². The molecule has 1 aliphatic carbocycles. The molecule has 0 unspecified atom stereocenters. The number of sulfone groups is 1. The highest BCUT2D eigenvalue weighted by Gasteiger charge is 2.54. The van der Waals surface area contributed by atoms with Crippen molar-refractivity contribution in [3.05, 3.63) is 83.7 Å². The van der Waals surface area contributed by atoms with E-state index in [4.69, 9.17) is 4.74 Å². The van der Waals surface area contributed by atoms with Crippen molar-refractivity contribution in [2.45, 2.75) is 65.4 Å². The quantitative estimate of drug-likeness (QED) is 0.261. The number of alkyl carbamates (subject to hydrolysis) is 1. The zero-order chi connectivity index (χ0) is 39.8. The van der Waals surface area contributed by atoms with E-state index >= 15 is 8.78 Å². The number of methoxy groups -OCH3 is 1. The third-order valence-corrected chi connectivity index (χ3v) is 14.2. The number of likely N-dealkylation sites (tertiary alicyclic amines) is 2. The maximum absolute atomic E-state index is 16.3. The van der Waals surface area contributed by atoms with Crippen LogP contribution in [0.4, 0.5) is 23.7 Å². The van der Waals surface area contributed by atoms with E-state index in [9.17, 15) is 22.4 Å². The average molecular weight is 797 g/mol. The van der Waals surface area contributed by atoms with Crippen molar-refractivity contribution >= 4 is 27.5 Å². The summed E-state index contributed by atoms with van der Waals surface area (Å²) in [5, 5.41) is 3.11. The lowest BCUT2D eigenvalue weighted by atomic mass is 9.57. The molecule has 1 N–H and O–H groups in total. The van der Waals surface area contributed by atoms with Gasteiger partial charge in [0.05, 0.1) is 35.7 Å². The van der Waals surface area contributed by atoms with Crippen LogP contribution in [-0.4, -0.2) is 125 Å². The Bertz CT molecular complexity index is 2020. The molecule has 4 fully saturated rings. The second-order valence-corrected chi connectivity index (χ2v) is 18.2. The maximum Gasteiger partial charge on any atom is 0.407 e. The highest BCUT2D eigenvalue weighted by molar-refractivity contribution is 7.91. The Balaban J connectivity index is 1.02. The normalized spacial score (nSPS) is 22.8. The van der Waals surface area contributed by atoms with Gasteiger partial charge >= 0.3 is 6.09 Å². The number of amides is 2. The predicted molar refractivity (Wildman–Crippen MR) is 205 cm³/mol. The molecule has 302 valence electrons. The molecule has 3 aliphatic heterocycles. The van der Waals surface area contributed by atoms with Crippen molar-refractivity contribution in [3.8, 4) is 0 Å². The van der Waals surface area contributed by atoms with Gasteiger partial charge in [0, 0.05) is 44.8 Å². The van der Waals surface area contributed by atoms with Crippen LogP contribution >= 0.6 is 0 Å². The summed E-state index contributed by atoms with van der Waals surface area (Å²) in [4.78, 5) is 35.7. The smallest absolute Gasteiger partial charge is 0.407 e. The van der Waals surface area contributed by atoms with Crippen LogP contribution in [0.5, 0.6) is 0 Å². The second-order valence-electron chi connectivity index (χ2n) is 16.2. The molecule has 0 spiro atoms. The van der Waals surface area contributed by atoms with Gasteiger partial charge in [-0.15, -0.1) is 0 Å². The minimum Gasteiger partial charge on any atom is -0.453 e. The van der Waals surface area contributed by atoms with Gasteiger partial charge in [-0.2, -0.15) is 0 Å². The number of halogens is 3. The Labute approximate surface area is 327 Å². The summed E-state index contributed by atoms with van der Waals surface area (Å²) in [7, 11) is 0.361. The molecule has 0 radical (unpaired) electrons. The number of carbonyl (C=O) groups excluding carboxylic acids is 2. The SMILES string of the molecule is COC(=O)N[C@H]1CCC[C@@H]1[C@](CN1CCC1)(c1cccc(F)c1)C1CCN(CC2(F)CN(c3ccc(S(=O)(=O)c4ccc(C(=O)N(C)C)nc4)cc3F)C2)CC1. The van der Waals surface area contributed by atoms with E-state index < -0.39 is 32.8 Å².